The maximum Gasteiger partial charge on any atom is 0.511 e. The highest BCUT2D eigenvalue weighted by molar-refractivity contribution is 8.00. The number of aromatic nitrogens is 2. The number of aliphatic hydroxyl groups is 2. The van der Waals surface area contributed by atoms with Crippen LogP contribution >= 0.6 is 23.3 Å². The number of aliphatic hydroxyl groups excluding tert-OH is 2. The number of oxime groups is 1. The number of likely N-dealkylation sites (N-methyl/N-ethyl adjacent to an activating group) is 1. The lowest BCUT2D eigenvalue weighted by Gasteiger charge is -2.49. The van der Waals surface area contributed by atoms with Gasteiger partial charge in [-0.3, -0.25) is 24.4 Å². The Balaban J connectivity index is 1.62. The smallest absolute Gasteiger partial charge is 0.431 e. The van der Waals surface area contributed by atoms with Gasteiger partial charge in [-0.1, -0.05) is 5.16 Å². The highest BCUT2D eigenvalue weighted by Crippen LogP contribution is 2.41. The molecule has 1 aromatic heterocycles. The summed E-state index contributed by atoms with van der Waals surface area (Å²) >= 11 is 1.91. The van der Waals surface area contributed by atoms with Crippen molar-refractivity contribution in [3.63, 3.8) is 0 Å². The number of nitrogens with two attached hydrogens (primary N) is 2. The molecule has 0 radical (unpaired) electrons. The average molecular weight is 732 g/mol. The Morgan fingerprint density at radius 1 is 1.27 bits per heavy atom. The van der Waals surface area contributed by atoms with E-state index in [9.17, 15) is 28.7 Å². The number of aliphatic imine (C=N–C) groups is 1. The van der Waals surface area contributed by atoms with E-state index in [1.54, 1.807) is 11.9 Å². The van der Waals surface area contributed by atoms with Gasteiger partial charge in [0.1, 0.15) is 29.8 Å². The van der Waals surface area contributed by atoms with Crippen LogP contribution in [0.3, 0.4) is 0 Å². The van der Waals surface area contributed by atoms with Crippen LogP contribution < -0.4 is 16.9 Å². The molecule has 4 rings (SSSR count). The topological polar surface area (TPSA) is 282 Å². The number of hydrazone groups is 1. The summed E-state index contributed by atoms with van der Waals surface area (Å²) in [6, 6.07) is -1.22. The van der Waals surface area contributed by atoms with Gasteiger partial charge in [0.05, 0.1) is 6.61 Å². The number of hydrogen-bond donors (Lipinski definition) is 5. The zero-order valence-corrected chi connectivity index (χ0v) is 28.0. The van der Waals surface area contributed by atoms with Crippen LogP contribution in [0.5, 0.6) is 0 Å². The molecule has 0 bridgehead atoms. The molecule has 21 nitrogen and oxygen atoms in total. The summed E-state index contributed by atoms with van der Waals surface area (Å²) in [4.78, 5) is 70.0. The monoisotopic (exact) mass is 731 g/mol. The fourth-order valence-corrected chi connectivity index (χ4v) is 6.65. The van der Waals surface area contributed by atoms with E-state index in [4.69, 9.17) is 26.2 Å². The molecule has 4 heterocycles. The van der Waals surface area contributed by atoms with Crippen molar-refractivity contribution in [2.45, 2.75) is 37.7 Å². The van der Waals surface area contributed by atoms with Crippen LogP contribution in [0.4, 0.5) is 14.3 Å². The Hall–Kier alpha value is -4.81. The predicted octanol–water partition coefficient (Wildman–Crippen LogP) is -2.29. The predicted molar refractivity (Wildman–Crippen MR) is 170 cm³/mol. The number of nitrogens with zero attached hydrogens (tertiary/aromatic N) is 8. The first-order valence-electron chi connectivity index (χ1n) is 14.4. The molecule has 2 amide bonds. The highest BCUT2D eigenvalue weighted by Gasteiger charge is 2.56. The largest absolute Gasteiger partial charge is 0.511 e. The molecule has 7 N–H and O–H groups in total. The van der Waals surface area contributed by atoms with E-state index in [-0.39, 0.29) is 33.8 Å². The first kappa shape index (κ1) is 37.0. The number of fused-ring (bicyclic) bond motifs is 1. The number of alkyl halides is 1. The molecule has 0 aromatic carbocycles. The molecule has 49 heavy (non-hydrogen) atoms. The quantitative estimate of drug-likeness (QED) is 0.0271. The van der Waals surface area contributed by atoms with E-state index in [0.717, 1.165) is 28.2 Å². The first-order chi connectivity index (χ1) is 23.5. The Labute approximate surface area is 285 Å². The molecule has 2 fully saturated rings. The van der Waals surface area contributed by atoms with Gasteiger partial charge in [0.2, 0.25) is 23.8 Å². The van der Waals surface area contributed by atoms with E-state index in [1.807, 2.05) is 11.8 Å². The van der Waals surface area contributed by atoms with Gasteiger partial charge in [0.15, 0.2) is 11.0 Å². The molecule has 0 saturated carbocycles. The SMILES string of the molecule is CCN1CCN(C(=NN)C2=C(C(=O)OC(C)OC(=O)OCC(O)CO)N3C(=O)C(NC(=O)C(=NOCF)c4nsc(N)n4)C3SC2)C1=NC. The molecule has 268 valence electrons. The number of anilines is 1. The number of amidine groups is 1. The number of carbonyl (C=O) groups excluding carboxylic acids is 4. The van der Waals surface area contributed by atoms with Crippen LogP contribution in [0.1, 0.15) is 19.7 Å². The number of esters is 1. The number of nitrogens with one attached hydrogen (secondary N) is 1. The van der Waals surface area contributed by atoms with Crippen molar-refractivity contribution in [3.8, 4) is 0 Å². The van der Waals surface area contributed by atoms with Crippen molar-refractivity contribution in [3.05, 3.63) is 17.1 Å². The van der Waals surface area contributed by atoms with Crippen molar-refractivity contribution < 1.29 is 52.8 Å². The van der Waals surface area contributed by atoms with Crippen LogP contribution in [0.25, 0.3) is 0 Å². The van der Waals surface area contributed by atoms with Gasteiger partial charge >= 0.3 is 12.1 Å². The molecule has 4 atom stereocenters. The molecular formula is C25H34FN11O10S2. The lowest BCUT2D eigenvalue weighted by atomic mass is 10.0. The third kappa shape index (κ3) is 8.09. The van der Waals surface area contributed by atoms with Crippen molar-refractivity contribution in [1.82, 2.24) is 29.4 Å². The molecule has 0 spiro atoms. The number of thioether (sulfide) groups is 1. The summed E-state index contributed by atoms with van der Waals surface area (Å²) in [5, 5.41) is 27.3. The zero-order valence-electron chi connectivity index (χ0n) is 26.3. The molecule has 4 unspecified atom stereocenters. The summed E-state index contributed by atoms with van der Waals surface area (Å²) in [6.45, 7) is 2.09. The van der Waals surface area contributed by atoms with Gasteiger partial charge in [-0.2, -0.15) is 14.5 Å². The molecule has 0 aliphatic carbocycles. The van der Waals surface area contributed by atoms with Crippen molar-refractivity contribution >= 4 is 69.9 Å². The van der Waals surface area contributed by atoms with Gasteiger partial charge in [0.25, 0.3) is 18.7 Å². The van der Waals surface area contributed by atoms with Crippen LogP contribution in [0.2, 0.25) is 0 Å². The van der Waals surface area contributed by atoms with Crippen LogP contribution in [0, 0.1) is 0 Å². The lowest BCUT2D eigenvalue weighted by Crippen LogP contribution is -2.71. The second-order valence-electron chi connectivity index (χ2n) is 10.0. The third-order valence-corrected chi connectivity index (χ3v) is 8.83. The van der Waals surface area contributed by atoms with Gasteiger partial charge in [-0.15, -0.1) is 11.8 Å². The summed E-state index contributed by atoms with van der Waals surface area (Å²) in [7, 11) is 1.58. The molecule has 24 heteroatoms. The maximum atomic E-state index is 13.8. The lowest BCUT2D eigenvalue weighted by molar-refractivity contribution is -0.169. The number of ether oxygens (including phenoxy) is 3. The van der Waals surface area contributed by atoms with E-state index >= 15 is 0 Å². The van der Waals surface area contributed by atoms with Crippen molar-refractivity contribution in [2.75, 3.05) is 58.2 Å². The van der Waals surface area contributed by atoms with E-state index < -0.39 is 73.5 Å². The second kappa shape index (κ2) is 16.5. The van der Waals surface area contributed by atoms with E-state index in [1.165, 1.54) is 6.92 Å². The Morgan fingerprint density at radius 3 is 2.63 bits per heavy atom. The van der Waals surface area contributed by atoms with Crippen molar-refractivity contribution in [1.29, 1.82) is 0 Å². The van der Waals surface area contributed by atoms with E-state index in [0.29, 0.717) is 25.6 Å². The minimum Gasteiger partial charge on any atom is -0.431 e. The van der Waals surface area contributed by atoms with Gasteiger partial charge in [-0.25, -0.2) is 14.0 Å². The molecule has 3 aliphatic rings. The molecular weight excluding hydrogens is 697 g/mol. The third-order valence-electron chi connectivity index (χ3n) is 7.01. The zero-order chi connectivity index (χ0) is 35.8. The maximum absolute atomic E-state index is 13.8. The fraction of sp³-hybridized carbons (Fsp3) is 0.560. The van der Waals surface area contributed by atoms with Gasteiger partial charge < -0.3 is 51.1 Å². The second-order valence-corrected chi connectivity index (χ2v) is 11.9. The normalized spacial score (nSPS) is 21.6. The number of carbonyl (C=O) groups is 4. The minimum absolute atomic E-state index is 0.00627. The molecule has 2 saturated heterocycles. The Bertz CT molecular complexity index is 1560. The number of halogens is 1. The fourth-order valence-electron chi connectivity index (χ4n) is 4.87. The number of hydrogen-bond acceptors (Lipinski definition) is 19. The minimum atomic E-state index is -1.55. The molecule has 1 aromatic rings. The average Bonchev–Trinajstić information content (AvgIpc) is 3.71. The summed E-state index contributed by atoms with van der Waals surface area (Å²) in [6.07, 6.45) is -4.22. The van der Waals surface area contributed by atoms with Gasteiger partial charge in [-0.05, 0) is 6.92 Å². The number of rotatable bonds is 13. The summed E-state index contributed by atoms with van der Waals surface area (Å²) in [5.41, 5.74) is 4.95. The number of β-lactam (4-membered cyclic amide) rings is 1. The van der Waals surface area contributed by atoms with Crippen LogP contribution in [-0.4, -0.2) is 152 Å². The number of guanidine groups is 1. The number of amides is 2. The highest BCUT2D eigenvalue weighted by atomic mass is 32.2. The Kier molecular flexibility index (Phi) is 12.5. The number of nitrogen functional groups attached to an aromatic ring is 1. The Morgan fingerprint density at radius 2 is 2.02 bits per heavy atom. The van der Waals surface area contributed by atoms with Crippen LogP contribution in [-0.2, 0) is 33.4 Å². The van der Waals surface area contributed by atoms with E-state index in [2.05, 4.69) is 39.5 Å². The standard InChI is InChI=1S/C25H34FN11O10S2/c1-4-35-5-6-36(24(35)29-3)18(32-28)13-9-48-21-15(30-19(40)14(33-45-10-26)17-31-23(27)49-34-17)20(41)37(21)16(13)22(42)46-11(2)47-25(43)44-8-12(39)7-38/h11-12,15,21,38-39H,4-10,28H2,1-3H3,(H,30,40)(H2,27,31,34). The van der Waals surface area contributed by atoms with Crippen molar-refractivity contribution in [2.24, 2.45) is 21.1 Å². The summed E-state index contributed by atoms with van der Waals surface area (Å²) in [5.74, 6) is 3.41. The molecule has 3 aliphatic heterocycles. The first-order valence-corrected chi connectivity index (χ1v) is 16.3. The van der Waals surface area contributed by atoms with Gasteiger partial charge in [0, 0.05) is 56.5 Å². The summed E-state index contributed by atoms with van der Waals surface area (Å²) < 4.78 is 31.6. The van der Waals surface area contributed by atoms with Crippen LogP contribution in [0.15, 0.2) is 26.5 Å².